The van der Waals surface area contributed by atoms with Crippen LogP contribution in [0.2, 0.25) is 0 Å². The van der Waals surface area contributed by atoms with E-state index in [1.54, 1.807) is 23.7 Å². The minimum Gasteiger partial charge on any atom is -0.398 e. The van der Waals surface area contributed by atoms with E-state index < -0.39 is 0 Å². The first-order valence-electron chi connectivity index (χ1n) is 7.01. The van der Waals surface area contributed by atoms with Gasteiger partial charge in [0.25, 0.3) is 5.91 Å². The van der Waals surface area contributed by atoms with Crippen molar-refractivity contribution in [1.82, 2.24) is 9.97 Å². The van der Waals surface area contributed by atoms with Crippen molar-refractivity contribution in [2.24, 2.45) is 0 Å². The highest BCUT2D eigenvalue weighted by Crippen LogP contribution is 2.29. The van der Waals surface area contributed by atoms with E-state index in [2.05, 4.69) is 15.3 Å². The summed E-state index contributed by atoms with van der Waals surface area (Å²) in [5, 5.41) is 14.7. The minimum absolute atomic E-state index is 0.162. The Bertz CT molecular complexity index is 852. The zero-order valence-corrected chi connectivity index (χ0v) is 14.1. The lowest BCUT2D eigenvalue weighted by molar-refractivity contribution is 0.102. The number of amides is 1. The highest BCUT2D eigenvalue weighted by atomic mass is 32.2. The summed E-state index contributed by atoms with van der Waals surface area (Å²) < 4.78 is 0. The van der Waals surface area contributed by atoms with E-state index in [4.69, 9.17) is 10.8 Å². The van der Waals surface area contributed by atoms with Gasteiger partial charge in [0.15, 0.2) is 5.13 Å². The smallest absolute Gasteiger partial charge is 0.259 e. The first-order valence-corrected chi connectivity index (χ1v) is 8.70. The molecule has 8 heteroatoms. The predicted octanol–water partition coefficient (Wildman–Crippen LogP) is 3.02. The van der Waals surface area contributed by atoms with Crippen LogP contribution in [-0.2, 0) is 6.61 Å². The molecule has 0 aliphatic heterocycles. The van der Waals surface area contributed by atoms with E-state index in [1.165, 1.54) is 23.1 Å². The van der Waals surface area contributed by atoms with Crippen LogP contribution in [0.5, 0.6) is 0 Å². The van der Waals surface area contributed by atoms with E-state index in [0.717, 1.165) is 9.92 Å². The molecule has 0 aliphatic carbocycles. The third-order valence-corrected chi connectivity index (χ3v) is 4.81. The Kier molecular flexibility index (Phi) is 5.09. The van der Waals surface area contributed by atoms with Crippen LogP contribution in [0.4, 0.5) is 10.8 Å². The lowest BCUT2D eigenvalue weighted by atomic mass is 10.1. The Hall–Kier alpha value is -2.42. The molecule has 24 heavy (non-hydrogen) atoms. The van der Waals surface area contributed by atoms with Crippen LogP contribution < -0.4 is 11.1 Å². The lowest BCUT2D eigenvalue weighted by Crippen LogP contribution is -2.14. The number of hydrogen-bond acceptors (Lipinski definition) is 7. The molecule has 0 spiro atoms. The molecule has 2 heterocycles. The normalized spacial score (nSPS) is 10.5. The molecule has 0 unspecified atom stereocenters. The number of pyridine rings is 1. The highest BCUT2D eigenvalue weighted by molar-refractivity contribution is 7.99. The van der Waals surface area contributed by atoms with Crippen molar-refractivity contribution < 1.29 is 9.90 Å². The van der Waals surface area contributed by atoms with Gasteiger partial charge in [-0.15, -0.1) is 11.3 Å². The fraction of sp³-hybridized carbons (Fsp3) is 0.0625. The number of benzene rings is 1. The molecule has 0 fully saturated rings. The van der Waals surface area contributed by atoms with Gasteiger partial charge in [-0.2, -0.15) is 0 Å². The lowest BCUT2D eigenvalue weighted by Gasteiger charge is -2.08. The number of nitrogen functional groups attached to an aromatic ring is 1. The number of carbonyl (C=O) groups is 1. The van der Waals surface area contributed by atoms with Gasteiger partial charge in [-0.3, -0.25) is 10.1 Å². The third-order valence-electron chi connectivity index (χ3n) is 3.06. The van der Waals surface area contributed by atoms with Crippen LogP contribution in [0.15, 0.2) is 57.9 Å². The van der Waals surface area contributed by atoms with Gasteiger partial charge in [0.1, 0.15) is 5.03 Å². The summed E-state index contributed by atoms with van der Waals surface area (Å²) in [5.41, 5.74) is 7.20. The molecule has 0 saturated heterocycles. The van der Waals surface area contributed by atoms with Crippen molar-refractivity contribution in [1.29, 1.82) is 0 Å². The SMILES string of the molecule is Nc1ccc(Sc2ccccn2)cc1C(=O)Nc1nc(CO)cs1. The summed E-state index contributed by atoms with van der Waals surface area (Å²) in [6, 6.07) is 10.9. The molecule has 2 aromatic heterocycles. The quantitative estimate of drug-likeness (QED) is 0.606. The molecule has 6 nitrogen and oxygen atoms in total. The van der Waals surface area contributed by atoms with Crippen LogP contribution in [0, 0.1) is 0 Å². The van der Waals surface area contributed by atoms with Gasteiger partial charge in [-0.05, 0) is 30.3 Å². The van der Waals surface area contributed by atoms with Gasteiger partial charge in [-0.25, -0.2) is 9.97 Å². The van der Waals surface area contributed by atoms with E-state index in [9.17, 15) is 4.79 Å². The van der Waals surface area contributed by atoms with Gasteiger partial charge >= 0.3 is 0 Å². The van der Waals surface area contributed by atoms with E-state index in [0.29, 0.717) is 22.1 Å². The van der Waals surface area contributed by atoms with Crippen molar-refractivity contribution in [3.63, 3.8) is 0 Å². The van der Waals surface area contributed by atoms with Crippen molar-refractivity contribution >= 4 is 39.8 Å². The molecule has 0 bridgehead atoms. The number of anilines is 2. The molecule has 0 saturated carbocycles. The monoisotopic (exact) mass is 358 g/mol. The second-order valence-electron chi connectivity index (χ2n) is 4.78. The molecular formula is C16H14N4O2S2. The maximum Gasteiger partial charge on any atom is 0.259 e. The summed E-state index contributed by atoms with van der Waals surface area (Å²) in [6.07, 6.45) is 1.72. The zero-order chi connectivity index (χ0) is 16.9. The molecule has 3 rings (SSSR count). The largest absolute Gasteiger partial charge is 0.398 e. The topological polar surface area (TPSA) is 101 Å². The van der Waals surface area contributed by atoms with Crippen molar-refractivity contribution in [3.8, 4) is 0 Å². The molecule has 0 radical (unpaired) electrons. The molecule has 0 atom stereocenters. The Balaban J connectivity index is 1.79. The maximum atomic E-state index is 12.4. The number of rotatable bonds is 5. The summed E-state index contributed by atoms with van der Waals surface area (Å²) >= 11 is 2.70. The highest BCUT2D eigenvalue weighted by Gasteiger charge is 2.13. The number of hydrogen-bond donors (Lipinski definition) is 3. The summed E-state index contributed by atoms with van der Waals surface area (Å²) in [6.45, 7) is -0.162. The summed E-state index contributed by atoms with van der Waals surface area (Å²) in [4.78, 5) is 21.6. The fourth-order valence-electron chi connectivity index (χ4n) is 1.93. The zero-order valence-electron chi connectivity index (χ0n) is 12.5. The predicted molar refractivity (Wildman–Crippen MR) is 95.2 cm³/mol. The summed E-state index contributed by atoms with van der Waals surface area (Å²) in [7, 11) is 0. The van der Waals surface area contributed by atoms with Crippen molar-refractivity contribution in [2.75, 3.05) is 11.1 Å². The summed E-state index contributed by atoms with van der Waals surface area (Å²) in [5.74, 6) is -0.338. The van der Waals surface area contributed by atoms with Gasteiger partial charge in [0.2, 0.25) is 0 Å². The van der Waals surface area contributed by atoms with E-state index in [-0.39, 0.29) is 12.5 Å². The number of nitrogens with zero attached hydrogens (tertiary/aromatic N) is 2. The third kappa shape index (κ3) is 3.91. The van der Waals surface area contributed by atoms with Crippen LogP contribution in [0.1, 0.15) is 16.1 Å². The average Bonchev–Trinajstić information content (AvgIpc) is 3.05. The van der Waals surface area contributed by atoms with Gasteiger partial charge in [0.05, 0.1) is 17.9 Å². The van der Waals surface area contributed by atoms with Crippen LogP contribution in [0.25, 0.3) is 0 Å². The number of thiazole rings is 1. The first kappa shape index (κ1) is 16.4. The van der Waals surface area contributed by atoms with Crippen molar-refractivity contribution in [3.05, 3.63) is 59.2 Å². The van der Waals surface area contributed by atoms with Crippen LogP contribution >= 0.6 is 23.1 Å². The Morgan fingerprint density at radius 3 is 2.92 bits per heavy atom. The second kappa shape index (κ2) is 7.43. The molecule has 3 aromatic rings. The molecular weight excluding hydrogens is 344 g/mol. The van der Waals surface area contributed by atoms with Gasteiger partial charge < -0.3 is 10.8 Å². The van der Waals surface area contributed by atoms with Crippen molar-refractivity contribution in [2.45, 2.75) is 16.5 Å². The number of aliphatic hydroxyl groups excluding tert-OH is 1. The molecule has 1 aromatic carbocycles. The number of nitrogens with one attached hydrogen (secondary N) is 1. The average molecular weight is 358 g/mol. The number of nitrogens with two attached hydrogens (primary N) is 1. The number of carbonyl (C=O) groups excluding carboxylic acids is 1. The van der Waals surface area contributed by atoms with Gasteiger partial charge in [-0.1, -0.05) is 17.8 Å². The van der Waals surface area contributed by atoms with E-state index >= 15 is 0 Å². The number of aromatic nitrogens is 2. The van der Waals surface area contributed by atoms with E-state index in [1.807, 2.05) is 24.3 Å². The number of aliphatic hydroxyl groups is 1. The standard InChI is InChI=1S/C16H14N4O2S2/c17-13-5-4-11(24-14-3-1-2-6-18-14)7-12(13)15(22)20-16-19-10(8-21)9-23-16/h1-7,9,21H,8,17H2,(H,19,20,22). The molecule has 1 amide bonds. The Labute approximate surface area is 146 Å². The minimum atomic E-state index is -0.338. The molecule has 4 N–H and O–H groups in total. The Morgan fingerprint density at radius 1 is 1.33 bits per heavy atom. The molecule has 0 aliphatic rings. The maximum absolute atomic E-state index is 12.4. The van der Waals surface area contributed by atoms with Crippen LogP contribution in [-0.4, -0.2) is 21.0 Å². The van der Waals surface area contributed by atoms with Gasteiger partial charge in [0, 0.05) is 22.2 Å². The first-order chi connectivity index (χ1) is 11.7. The second-order valence-corrected chi connectivity index (χ2v) is 6.73. The van der Waals surface area contributed by atoms with Crippen LogP contribution in [0.3, 0.4) is 0 Å². The molecule has 122 valence electrons. The Morgan fingerprint density at radius 2 is 2.21 bits per heavy atom. The fourth-order valence-corrected chi connectivity index (χ4v) is 3.44.